The fourth-order valence-corrected chi connectivity index (χ4v) is 1.18. The predicted octanol–water partition coefficient (Wildman–Crippen LogP) is 3.05. The Balaban J connectivity index is 0.000000202. The number of carboxylic acid groups (broad SMARTS) is 1. The highest BCUT2D eigenvalue weighted by Gasteiger charge is 2.05. The first-order valence-corrected chi connectivity index (χ1v) is 5.04. The lowest BCUT2D eigenvalue weighted by atomic mass is 10.1. The largest absolute Gasteiger partial charge is 0.478 e. The van der Waals surface area contributed by atoms with Crippen LogP contribution in [0.2, 0.25) is 0 Å². The minimum absolute atomic E-state index is 0.176. The average Bonchev–Trinajstić information content (AvgIpc) is 2.41. The molecule has 0 saturated heterocycles. The van der Waals surface area contributed by atoms with Crippen LogP contribution in [0.15, 0.2) is 60.7 Å². The minimum atomic E-state index is -0.987. The zero-order valence-corrected chi connectivity index (χ0v) is 9.21. The standard InChI is InChI=1S/C9H6O2.C6H6/c1-2-7-5-3-4-6-8(7)9(10)11;1-2-4-6-5-3-1/h1,3-6H,(H,10,11);1-6H. The van der Waals surface area contributed by atoms with E-state index in [4.69, 9.17) is 11.5 Å². The number of carboxylic acids is 1. The normalized spacial score (nSPS) is 8.41. The third-order valence-electron chi connectivity index (χ3n) is 1.98. The van der Waals surface area contributed by atoms with Crippen LogP contribution in [0.25, 0.3) is 0 Å². The zero-order chi connectivity index (χ0) is 12.5. The monoisotopic (exact) mass is 224 g/mol. The summed E-state index contributed by atoms with van der Waals surface area (Å²) in [5.74, 6) is 1.31. The summed E-state index contributed by atoms with van der Waals surface area (Å²) in [6.07, 6.45) is 5.08. The molecular weight excluding hydrogens is 212 g/mol. The Hall–Kier alpha value is -2.53. The molecule has 0 aromatic heterocycles. The molecule has 0 bridgehead atoms. The van der Waals surface area contributed by atoms with Crippen molar-refractivity contribution in [1.82, 2.24) is 0 Å². The third kappa shape index (κ3) is 4.23. The number of benzene rings is 2. The van der Waals surface area contributed by atoms with Crippen LogP contribution in [-0.2, 0) is 0 Å². The second-order valence-electron chi connectivity index (χ2n) is 3.15. The van der Waals surface area contributed by atoms with E-state index in [1.54, 1.807) is 18.2 Å². The number of aromatic carboxylic acids is 1. The maximum atomic E-state index is 10.5. The van der Waals surface area contributed by atoms with Crippen molar-refractivity contribution in [3.63, 3.8) is 0 Å². The van der Waals surface area contributed by atoms with E-state index in [0.717, 1.165) is 0 Å². The van der Waals surface area contributed by atoms with Crippen molar-refractivity contribution in [3.8, 4) is 12.3 Å². The molecule has 0 amide bonds. The number of rotatable bonds is 1. The van der Waals surface area contributed by atoms with Crippen LogP contribution in [0, 0.1) is 12.3 Å². The molecule has 0 aliphatic carbocycles. The summed E-state index contributed by atoms with van der Waals surface area (Å²) in [5, 5.41) is 8.60. The summed E-state index contributed by atoms with van der Waals surface area (Å²) >= 11 is 0. The molecule has 0 radical (unpaired) electrons. The lowest BCUT2D eigenvalue weighted by Crippen LogP contribution is -1.98. The van der Waals surface area contributed by atoms with Gasteiger partial charge in [0.25, 0.3) is 0 Å². The topological polar surface area (TPSA) is 37.3 Å². The quantitative estimate of drug-likeness (QED) is 0.756. The minimum Gasteiger partial charge on any atom is -0.478 e. The average molecular weight is 224 g/mol. The van der Waals surface area contributed by atoms with E-state index in [2.05, 4.69) is 5.92 Å². The Labute approximate surface area is 101 Å². The molecule has 0 fully saturated rings. The molecule has 2 aromatic rings. The Morgan fingerprint density at radius 2 is 1.41 bits per heavy atom. The molecule has 2 heteroatoms. The van der Waals surface area contributed by atoms with Crippen LogP contribution in [-0.4, -0.2) is 11.1 Å². The van der Waals surface area contributed by atoms with Gasteiger partial charge in [-0.25, -0.2) is 4.79 Å². The first-order chi connectivity index (χ1) is 8.25. The highest BCUT2D eigenvalue weighted by molar-refractivity contribution is 5.90. The van der Waals surface area contributed by atoms with Gasteiger partial charge >= 0.3 is 5.97 Å². The van der Waals surface area contributed by atoms with Crippen LogP contribution in [0.4, 0.5) is 0 Å². The van der Waals surface area contributed by atoms with Gasteiger partial charge in [-0.15, -0.1) is 6.42 Å². The van der Waals surface area contributed by atoms with Gasteiger partial charge in [-0.1, -0.05) is 54.5 Å². The van der Waals surface area contributed by atoms with Gasteiger partial charge in [-0.05, 0) is 12.1 Å². The van der Waals surface area contributed by atoms with E-state index in [-0.39, 0.29) is 5.56 Å². The fourth-order valence-electron chi connectivity index (χ4n) is 1.18. The molecule has 1 N–H and O–H groups in total. The number of hydrogen-bond donors (Lipinski definition) is 1. The molecule has 84 valence electrons. The lowest BCUT2D eigenvalue weighted by Gasteiger charge is -1.95. The van der Waals surface area contributed by atoms with Crippen molar-refractivity contribution >= 4 is 5.97 Å². The van der Waals surface area contributed by atoms with E-state index >= 15 is 0 Å². The van der Waals surface area contributed by atoms with Crippen LogP contribution < -0.4 is 0 Å². The molecule has 0 saturated carbocycles. The molecular formula is C15H12O2. The zero-order valence-electron chi connectivity index (χ0n) is 9.21. The van der Waals surface area contributed by atoms with Crippen LogP contribution >= 0.6 is 0 Å². The molecule has 0 atom stereocenters. The van der Waals surface area contributed by atoms with Crippen molar-refractivity contribution in [2.24, 2.45) is 0 Å². The lowest BCUT2D eigenvalue weighted by molar-refractivity contribution is 0.0696. The molecule has 0 aliphatic rings. The summed E-state index contributed by atoms with van der Waals surface area (Å²) in [6, 6.07) is 18.4. The highest BCUT2D eigenvalue weighted by atomic mass is 16.4. The van der Waals surface area contributed by atoms with Crippen LogP contribution in [0.3, 0.4) is 0 Å². The second-order valence-corrected chi connectivity index (χ2v) is 3.15. The van der Waals surface area contributed by atoms with Crippen LogP contribution in [0.5, 0.6) is 0 Å². The molecule has 2 nitrogen and oxygen atoms in total. The van der Waals surface area contributed by atoms with E-state index in [1.165, 1.54) is 6.07 Å². The summed E-state index contributed by atoms with van der Waals surface area (Å²) in [7, 11) is 0. The Bertz CT molecular complexity index is 483. The summed E-state index contributed by atoms with van der Waals surface area (Å²) in [4.78, 5) is 10.5. The van der Waals surface area contributed by atoms with E-state index in [9.17, 15) is 4.79 Å². The highest BCUT2D eigenvalue weighted by Crippen LogP contribution is 2.05. The van der Waals surface area contributed by atoms with Gasteiger partial charge in [0, 0.05) is 5.56 Å². The molecule has 0 unspecified atom stereocenters. The first-order valence-electron chi connectivity index (χ1n) is 5.04. The molecule has 0 aliphatic heterocycles. The first kappa shape index (κ1) is 12.5. The van der Waals surface area contributed by atoms with E-state index < -0.39 is 5.97 Å². The fraction of sp³-hybridized carbons (Fsp3) is 0. The summed E-state index contributed by atoms with van der Waals surface area (Å²) in [6.45, 7) is 0. The van der Waals surface area contributed by atoms with Gasteiger partial charge in [0.1, 0.15) is 0 Å². The van der Waals surface area contributed by atoms with Gasteiger partial charge in [-0.3, -0.25) is 0 Å². The molecule has 2 rings (SSSR count). The van der Waals surface area contributed by atoms with Gasteiger partial charge in [0.05, 0.1) is 5.56 Å². The Kier molecular flexibility index (Phi) is 5.06. The predicted molar refractivity (Wildman–Crippen MR) is 67.8 cm³/mol. The van der Waals surface area contributed by atoms with Crippen LogP contribution in [0.1, 0.15) is 15.9 Å². The van der Waals surface area contributed by atoms with E-state index in [0.29, 0.717) is 5.56 Å². The molecule has 17 heavy (non-hydrogen) atoms. The Morgan fingerprint density at radius 3 is 1.76 bits per heavy atom. The van der Waals surface area contributed by atoms with Crippen molar-refractivity contribution in [3.05, 3.63) is 71.8 Å². The van der Waals surface area contributed by atoms with Gasteiger partial charge in [-0.2, -0.15) is 0 Å². The summed E-state index contributed by atoms with van der Waals surface area (Å²) in [5.41, 5.74) is 0.593. The van der Waals surface area contributed by atoms with Crippen molar-refractivity contribution in [2.75, 3.05) is 0 Å². The van der Waals surface area contributed by atoms with Gasteiger partial charge in [0.2, 0.25) is 0 Å². The molecule has 0 heterocycles. The Morgan fingerprint density at radius 1 is 0.941 bits per heavy atom. The summed E-state index contributed by atoms with van der Waals surface area (Å²) < 4.78 is 0. The number of hydrogen-bond acceptors (Lipinski definition) is 1. The molecule has 2 aromatic carbocycles. The maximum Gasteiger partial charge on any atom is 0.336 e. The third-order valence-corrected chi connectivity index (χ3v) is 1.98. The smallest absolute Gasteiger partial charge is 0.336 e. The van der Waals surface area contributed by atoms with Gasteiger partial charge in [0.15, 0.2) is 0 Å². The molecule has 0 spiro atoms. The van der Waals surface area contributed by atoms with Crippen molar-refractivity contribution < 1.29 is 9.90 Å². The number of carbonyl (C=O) groups is 1. The van der Waals surface area contributed by atoms with Crippen molar-refractivity contribution in [1.29, 1.82) is 0 Å². The number of terminal acetylenes is 1. The second kappa shape index (κ2) is 6.86. The van der Waals surface area contributed by atoms with Gasteiger partial charge < -0.3 is 5.11 Å². The maximum absolute atomic E-state index is 10.5. The van der Waals surface area contributed by atoms with E-state index in [1.807, 2.05) is 36.4 Å². The van der Waals surface area contributed by atoms with Crippen molar-refractivity contribution in [2.45, 2.75) is 0 Å². The SMILES string of the molecule is C#Cc1ccccc1C(=O)O.c1ccccc1.